The molecule has 24 heavy (non-hydrogen) atoms. The van der Waals surface area contributed by atoms with Crippen molar-refractivity contribution in [3.63, 3.8) is 0 Å². The number of amides is 1. The lowest BCUT2D eigenvalue weighted by Crippen LogP contribution is -2.25. The number of nitrogens with zero attached hydrogens (tertiary/aromatic N) is 2. The zero-order valence-electron chi connectivity index (χ0n) is 14.6. The van der Waals surface area contributed by atoms with Crippen molar-refractivity contribution in [2.75, 3.05) is 7.05 Å². The van der Waals surface area contributed by atoms with Gasteiger partial charge in [-0.3, -0.25) is 9.78 Å². The average molecular weight is 338 g/mol. The minimum atomic E-state index is 0.0897. The van der Waals surface area contributed by atoms with E-state index < -0.39 is 0 Å². The highest BCUT2D eigenvalue weighted by molar-refractivity contribution is 7.10. The predicted molar refractivity (Wildman–Crippen MR) is 101 cm³/mol. The zero-order chi connectivity index (χ0) is 17.7. The van der Waals surface area contributed by atoms with Crippen molar-refractivity contribution < 1.29 is 4.79 Å². The third-order valence-corrected chi connectivity index (χ3v) is 5.04. The van der Waals surface area contributed by atoms with Gasteiger partial charge in [-0.1, -0.05) is 19.4 Å². The summed E-state index contributed by atoms with van der Waals surface area (Å²) >= 11 is 1.68. The van der Waals surface area contributed by atoms with Crippen molar-refractivity contribution in [1.29, 1.82) is 0 Å². The molecular formula is C20H22N2OS. The summed E-state index contributed by atoms with van der Waals surface area (Å²) in [6.45, 7) is 9.55. The fourth-order valence-electron chi connectivity index (χ4n) is 2.29. The van der Waals surface area contributed by atoms with Gasteiger partial charge in [0.25, 0.3) is 0 Å². The van der Waals surface area contributed by atoms with Crippen LogP contribution in [0.15, 0.2) is 42.2 Å². The van der Waals surface area contributed by atoms with Gasteiger partial charge in [-0.25, -0.2) is 0 Å². The normalized spacial score (nSPS) is 11.3. The number of rotatable bonds is 5. The maximum Gasteiger partial charge on any atom is 0.227 e. The van der Waals surface area contributed by atoms with Crippen LogP contribution in [0.1, 0.15) is 43.6 Å². The molecule has 0 radical (unpaired) electrons. The molecule has 0 fully saturated rings. The van der Waals surface area contributed by atoms with Gasteiger partial charge in [-0.15, -0.1) is 17.3 Å². The van der Waals surface area contributed by atoms with Crippen LogP contribution in [-0.4, -0.2) is 22.8 Å². The molecule has 0 aliphatic heterocycles. The van der Waals surface area contributed by atoms with Crippen LogP contribution in [0.25, 0.3) is 11.1 Å². The van der Waals surface area contributed by atoms with Crippen LogP contribution in [0.5, 0.6) is 0 Å². The second-order valence-corrected chi connectivity index (χ2v) is 6.81. The Morgan fingerprint density at radius 1 is 1.38 bits per heavy atom. The molecule has 2 aromatic heterocycles. The van der Waals surface area contributed by atoms with Crippen LogP contribution in [0.4, 0.5) is 0 Å². The number of carbonyl (C=O) groups is 1. The molecule has 0 aliphatic carbocycles. The van der Waals surface area contributed by atoms with Crippen molar-refractivity contribution in [2.45, 2.75) is 33.1 Å². The standard InChI is InChI=1S/C20H22N2OS/c1-6-7-16-9-17(12-21-11-16)18-10-19(24-13-18)15(4)8-20(23)22(5)14(2)3/h9-13,15H,2,8H2,1,3-5H3/t15-/m0/s1. The second-order valence-electron chi connectivity index (χ2n) is 5.87. The number of hydrogen-bond acceptors (Lipinski definition) is 3. The molecule has 0 aromatic carbocycles. The van der Waals surface area contributed by atoms with E-state index in [0.29, 0.717) is 6.42 Å². The van der Waals surface area contributed by atoms with Gasteiger partial charge >= 0.3 is 0 Å². The van der Waals surface area contributed by atoms with E-state index in [1.165, 1.54) is 4.88 Å². The Morgan fingerprint density at radius 2 is 2.12 bits per heavy atom. The lowest BCUT2D eigenvalue weighted by atomic mass is 10.0. The maximum absolute atomic E-state index is 12.2. The minimum Gasteiger partial charge on any atom is -0.320 e. The largest absolute Gasteiger partial charge is 0.320 e. The molecule has 0 aliphatic rings. The lowest BCUT2D eigenvalue weighted by molar-refractivity contribution is -0.128. The molecule has 1 atom stereocenters. The Bertz CT molecular complexity index is 810. The van der Waals surface area contributed by atoms with Gasteiger partial charge < -0.3 is 4.90 Å². The van der Waals surface area contributed by atoms with Crippen LogP contribution in [0.3, 0.4) is 0 Å². The summed E-state index contributed by atoms with van der Waals surface area (Å²) in [4.78, 5) is 19.3. The molecule has 0 bridgehead atoms. The van der Waals surface area contributed by atoms with E-state index in [1.807, 2.05) is 26.1 Å². The molecule has 0 saturated heterocycles. The molecule has 2 rings (SSSR count). The van der Waals surface area contributed by atoms with Gasteiger partial charge in [-0.2, -0.15) is 0 Å². The Morgan fingerprint density at radius 3 is 2.79 bits per heavy atom. The third kappa shape index (κ3) is 4.33. The van der Waals surface area contributed by atoms with E-state index in [4.69, 9.17) is 0 Å². The SMILES string of the molecule is C=C(C)N(C)C(=O)C[C@H](C)c1cc(-c2cncc(C#CC)c2)cs1. The fourth-order valence-corrected chi connectivity index (χ4v) is 3.26. The van der Waals surface area contributed by atoms with Crippen LogP contribution >= 0.6 is 11.3 Å². The Balaban J connectivity index is 2.15. The van der Waals surface area contributed by atoms with E-state index in [0.717, 1.165) is 22.4 Å². The molecule has 2 heterocycles. The summed E-state index contributed by atoms with van der Waals surface area (Å²) in [5.74, 6) is 6.18. The van der Waals surface area contributed by atoms with Crippen LogP contribution < -0.4 is 0 Å². The van der Waals surface area contributed by atoms with Gasteiger partial charge in [0, 0.05) is 47.6 Å². The number of allylic oxidation sites excluding steroid dienone is 1. The van der Waals surface area contributed by atoms with Gasteiger partial charge in [0.2, 0.25) is 5.91 Å². The molecular weight excluding hydrogens is 316 g/mol. The number of thiophene rings is 1. The van der Waals surface area contributed by atoms with Crippen LogP contribution in [0.2, 0.25) is 0 Å². The molecule has 4 heteroatoms. The van der Waals surface area contributed by atoms with E-state index in [-0.39, 0.29) is 11.8 Å². The van der Waals surface area contributed by atoms with Gasteiger partial charge in [0.1, 0.15) is 0 Å². The van der Waals surface area contributed by atoms with Crippen molar-refractivity contribution in [3.8, 4) is 23.0 Å². The Labute approximate surface area is 148 Å². The molecule has 0 saturated carbocycles. The second kappa shape index (κ2) is 7.94. The summed E-state index contributed by atoms with van der Waals surface area (Å²) in [5, 5.41) is 2.11. The molecule has 1 amide bonds. The first kappa shape index (κ1) is 18.0. The smallest absolute Gasteiger partial charge is 0.227 e. The first-order chi connectivity index (χ1) is 11.4. The highest BCUT2D eigenvalue weighted by Crippen LogP contribution is 2.32. The van der Waals surface area contributed by atoms with Gasteiger partial charge in [0.15, 0.2) is 0 Å². The van der Waals surface area contributed by atoms with Crippen molar-refractivity contribution in [1.82, 2.24) is 9.88 Å². The van der Waals surface area contributed by atoms with Crippen molar-refractivity contribution >= 4 is 17.2 Å². The zero-order valence-corrected chi connectivity index (χ0v) is 15.4. The Kier molecular flexibility index (Phi) is 5.94. The first-order valence-corrected chi connectivity index (χ1v) is 8.69. The van der Waals surface area contributed by atoms with Crippen molar-refractivity contribution in [3.05, 3.63) is 52.6 Å². The molecule has 0 N–H and O–H groups in total. The Hall–Kier alpha value is -2.38. The van der Waals surface area contributed by atoms with E-state index in [1.54, 1.807) is 29.5 Å². The lowest BCUT2D eigenvalue weighted by Gasteiger charge is -2.18. The summed E-state index contributed by atoms with van der Waals surface area (Å²) in [6.07, 6.45) is 4.09. The molecule has 0 spiro atoms. The minimum absolute atomic E-state index is 0.0897. The fraction of sp³-hybridized carbons (Fsp3) is 0.300. The first-order valence-electron chi connectivity index (χ1n) is 7.81. The van der Waals surface area contributed by atoms with Gasteiger partial charge in [-0.05, 0) is 42.8 Å². The van der Waals surface area contributed by atoms with E-state index >= 15 is 0 Å². The molecule has 0 unspecified atom stereocenters. The average Bonchev–Trinajstić information content (AvgIpc) is 3.04. The predicted octanol–water partition coefficient (Wildman–Crippen LogP) is 4.67. The van der Waals surface area contributed by atoms with Crippen LogP contribution in [-0.2, 0) is 4.79 Å². The van der Waals surface area contributed by atoms with Crippen molar-refractivity contribution in [2.24, 2.45) is 0 Å². The summed E-state index contributed by atoms with van der Waals surface area (Å²) in [6, 6.07) is 4.18. The highest BCUT2D eigenvalue weighted by atomic mass is 32.1. The number of hydrogen-bond donors (Lipinski definition) is 0. The highest BCUT2D eigenvalue weighted by Gasteiger charge is 2.17. The molecule has 3 nitrogen and oxygen atoms in total. The van der Waals surface area contributed by atoms with Crippen LogP contribution in [0, 0.1) is 11.8 Å². The van der Waals surface area contributed by atoms with E-state index in [9.17, 15) is 4.79 Å². The van der Waals surface area contributed by atoms with E-state index in [2.05, 4.69) is 41.8 Å². The topological polar surface area (TPSA) is 33.2 Å². The number of aromatic nitrogens is 1. The van der Waals surface area contributed by atoms with Gasteiger partial charge in [0.05, 0.1) is 0 Å². The summed E-state index contributed by atoms with van der Waals surface area (Å²) in [7, 11) is 1.77. The molecule has 124 valence electrons. The summed E-state index contributed by atoms with van der Waals surface area (Å²) < 4.78 is 0. The molecule has 2 aromatic rings. The monoisotopic (exact) mass is 338 g/mol. The number of carbonyl (C=O) groups excluding carboxylic acids is 1. The number of pyridine rings is 1. The maximum atomic E-state index is 12.2. The summed E-state index contributed by atoms with van der Waals surface area (Å²) in [5.41, 5.74) is 3.85. The quantitative estimate of drug-likeness (QED) is 0.743. The third-order valence-electron chi connectivity index (χ3n) is 3.87.